The second kappa shape index (κ2) is 5.89. The van der Waals surface area contributed by atoms with Crippen LogP contribution in [0.5, 0.6) is 0 Å². The Balaban J connectivity index is 2.14. The molecule has 0 aliphatic carbocycles. The molecule has 0 radical (unpaired) electrons. The fourth-order valence-electron chi connectivity index (χ4n) is 2.29. The third kappa shape index (κ3) is 3.25. The van der Waals surface area contributed by atoms with Gasteiger partial charge in [-0.3, -0.25) is 4.79 Å². The maximum Gasteiger partial charge on any atom is 0.421 e. The van der Waals surface area contributed by atoms with Crippen molar-refractivity contribution in [2.24, 2.45) is 0 Å². The first-order valence-corrected chi connectivity index (χ1v) is 7.00. The van der Waals surface area contributed by atoms with Gasteiger partial charge in [0.15, 0.2) is 5.60 Å². The van der Waals surface area contributed by atoms with E-state index in [9.17, 15) is 23.1 Å². The first kappa shape index (κ1) is 16.8. The van der Waals surface area contributed by atoms with Gasteiger partial charge in [-0.25, -0.2) is 0 Å². The molecule has 0 spiro atoms. The molecule has 2 rings (SSSR count). The molecule has 1 atom stereocenters. The minimum Gasteiger partial charge on any atom is -0.376 e. The number of rotatable bonds is 2. The van der Waals surface area contributed by atoms with Crippen molar-refractivity contribution >= 4 is 5.91 Å². The van der Waals surface area contributed by atoms with Gasteiger partial charge < -0.3 is 14.9 Å². The summed E-state index contributed by atoms with van der Waals surface area (Å²) < 4.78 is 38.3. The van der Waals surface area contributed by atoms with Gasteiger partial charge in [0.1, 0.15) is 0 Å². The summed E-state index contributed by atoms with van der Waals surface area (Å²) in [5.74, 6) is -0.202. The smallest absolute Gasteiger partial charge is 0.376 e. The number of aliphatic hydroxyl groups is 1. The fourth-order valence-corrected chi connectivity index (χ4v) is 2.29. The zero-order chi connectivity index (χ0) is 16.5. The van der Waals surface area contributed by atoms with Crippen LogP contribution in [0.1, 0.15) is 22.8 Å². The Bertz CT molecular complexity index is 533. The van der Waals surface area contributed by atoms with Crippen molar-refractivity contribution in [2.75, 3.05) is 33.2 Å². The lowest BCUT2D eigenvalue weighted by atomic mass is 9.94. The van der Waals surface area contributed by atoms with E-state index in [1.165, 1.54) is 12.1 Å². The molecule has 1 saturated heterocycles. The van der Waals surface area contributed by atoms with Crippen molar-refractivity contribution in [1.29, 1.82) is 0 Å². The van der Waals surface area contributed by atoms with E-state index in [4.69, 9.17) is 0 Å². The molecule has 4 nitrogen and oxygen atoms in total. The molecule has 1 N–H and O–H groups in total. The van der Waals surface area contributed by atoms with Crippen LogP contribution < -0.4 is 0 Å². The predicted octanol–water partition coefficient (Wildman–Crippen LogP) is 1.84. The minimum atomic E-state index is -4.77. The van der Waals surface area contributed by atoms with Crippen LogP contribution in [0.2, 0.25) is 0 Å². The van der Waals surface area contributed by atoms with E-state index in [1.54, 1.807) is 4.90 Å². The Morgan fingerprint density at radius 1 is 1.09 bits per heavy atom. The highest BCUT2D eigenvalue weighted by atomic mass is 19.4. The van der Waals surface area contributed by atoms with Crippen LogP contribution in [-0.4, -0.2) is 60.2 Å². The lowest BCUT2D eigenvalue weighted by Crippen LogP contribution is -2.47. The van der Waals surface area contributed by atoms with Gasteiger partial charge in [0.05, 0.1) is 0 Å². The molecule has 1 aliphatic heterocycles. The molecular formula is C15H19F3N2O2. The maximum atomic E-state index is 12.8. The van der Waals surface area contributed by atoms with E-state index >= 15 is 0 Å². The monoisotopic (exact) mass is 316 g/mol. The second-order valence-electron chi connectivity index (χ2n) is 5.74. The predicted molar refractivity (Wildman–Crippen MR) is 75.5 cm³/mol. The average molecular weight is 316 g/mol. The topological polar surface area (TPSA) is 43.8 Å². The lowest BCUT2D eigenvalue weighted by Gasteiger charge is -2.32. The van der Waals surface area contributed by atoms with Gasteiger partial charge in [-0.2, -0.15) is 13.2 Å². The zero-order valence-corrected chi connectivity index (χ0v) is 12.5. The van der Waals surface area contributed by atoms with Gasteiger partial charge in [0.2, 0.25) is 0 Å². The maximum absolute atomic E-state index is 12.8. The zero-order valence-electron chi connectivity index (χ0n) is 12.5. The number of alkyl halides is 3. The normalized spacial score (nSPS) is 19.8. The third-order valence-electron chi connectivity index (χ3n) is 4.04. The highest BCUT2D eigenvalue weighted by Gasteiger charge is 2.51. The Morgan fingerprint density at radius 2 is 1.59 bits per heavy atom. The van der Waals surface area contributed by atoms with Crippen molar-refractivity contribution in [3.05, 3.63) is 35.4 Å². The van der Waals surface area contributed by atoms with Crippen LogP contribution in [0, 0.1) is 0 Å². The molecule has 1 aliphatic rings. The largest absolute Gasteiger partial charge is 0.421 e. The summed E-state index contributed by atoms with van der Waals surface area (Å²) in [7, 11) is 1.97. The summed E-state index contributed by atoms with van der Waals surface area (Å²) in [4.78, 5) is 16.1. The number of hydrogen-bond donors (Lipinski definition) is 1. The van der Waals surface area contributed by atoms with Crippen LogP contribution in [0.15, 0.2) is 24.3 Å². The summed E-state index contributed by atoms with van der Waals surface area (Å²) in [6, 6.07) is 4.96. The van der Waals surface area contributed by atoms with Crippen LogP contribution in [-0.2, 0) is 5.60 Å². The van der Waals surface area contributed by atoms with Crippen LogP contribution in [0.3, 0.4) is 0 Å². The molecule has 0 aromatic heterocycles. The Kier molecular flexibility index (Phi) is 4.49. The number of amides is 1. The highest BCUT2D eigenvalue weighted by Crippen LogP contribution is 2.38. The Labute approximate surface area is 127 Å². The molecule has 0 saturated carbocycles. The van der Waals surface area contributed by atoms with Gasteiger partial charge >= 0.3 is 6.18 Å². The van der Waals surface area contributed by atoms with E-state index in [0.717, 1.165) is 25.2 Å². The number of carbonyl (C=O) groups excluding carboxylic acids is 1. The Morgan fingerprint density at radius 3 is 2.05 bits per heavy atom. The Hall–Kier alpha value is -1.60. The van der Waals surface area contributed by atoms with Crippen molar-refractivity contribution < 1.29 is 23.1 Å². The summed E-state index contributed by atoms with van der Waals surface area (Å²) in [5, 5.41) is 9.60. The molecule has 7 heteroatoms. The minimum absolute atomic E-state index is 0.202. The number of halogens is 3. The van der Waals surface area contributed by atoms with E-state index in [0.29, 0.717) is 25.6 Å². The average Bonchev–Trinajstić information content (AvgIpc) is 2.46. The molecule has 1 aromatic carbocycles. The molecule has 1 heterocycles. The molecular weight excluding hydrogens is 297 g/mol. The highest BCUT2D eigenvalue weighted by molar-refractivity contribution is 5.94. The van der Waals surface area contributed by atoms with Crippen molar-refractivity contribution in [1.82, 2.24) is 9.80 Å². The number of carbonyl (C=O) groups is 1. The lowest BCUT2D eigenvalue weighted by molar-refractivity contribution is -0.258. The molecule has 1 unspecified atom stereocenters. The van der Waals surface area contributed by atoms with Crippen LogP contribution in [0.4, 0.5) is 13.2 Å². The summed E-state index contributed by atoms with van der Waals surface area (Å²) >= 11 is 0. The van der Waals surface area contributed by atoms with E-state index in [2.05, 4.69) is 4.90 Å². The van der Waals surface area contributed by atoms with Gasteiger partial charge in [-0.05, 0) is 31.7 Å². The summed E-state index contributed by atoms with van der Waals surface area (Å²) in [5.41, 5.74) is -2.89. The van der Waals surface area contributed by atoms with Crippen molar-refractivity contribution in [2.45, 2.75) is 18.7 Å². The number of hydrogen-bond acceptors (Lipinski definition) is 3. The first-order chi connectivity index (χ1) is 10.1. The quantitative estimate of drug-likeness (QED) is 0.905. The number of piperazine rings is 1. The van der Waals surface area contributed by atoms with E-state index in [1.807, 2.05) is 7.05 Å². The number of likely N-dealkylation sites (N-methyl/N-ethyl adjacent to an activating group) is 1. The van der Waals surface area contributed by atoms with Gasteiger partial charge in [0.25, 0.3) is 5.91 Å². The number of benzene rings is 1. The van der Waals surface area contributed by atoms with E-state index < -0.39 is 11.8 Å². The van der Waals surface area contributed by atoms with Gasteiger partial charge in [-0.15, -0.1) is 0 Å². The molecule has 0 bridgehead atoms. The van der Waals surface area contributed by atoms with Crippen LogP contribution in [0.25, 0.3) is 0 Å². The second-order valence-corrected chi connectivity index (χ2v) is 5.74. The van der Waals surface area contributed by atoms with Crippen molar-refractivity contribution in [3.63, 3.8) is 0 Å². The third-order valence-corrected chi connectivity index (χ3v) is 4.04. The first-order valence-electron chi connectivity index (χ1n) is 7.00. The SMILES string of the molecule is CN1CCN(C(=O)c2ccc(C(C)(O)C(F)(F)F)cc2)CC1. The molecule has 1 fully saturated rings. The van der Waals surface area contributed by atoms with Gasteiger partial charge in [-0.1, -0.05) is 12.1 Å². The molecule has 22 heavy (non-hydrogen) atoms. The van der Waals surface area contributed by atoms with Crippen LogP contribution >= 0.6 is 0 Å². The van der Waals surface area contributed by atoms with Crippen molar-refractivity contribution in [3.8, 4) is 0 Å². The molecule has 1 amide bonds. The van der Waals surface area contributed by atoms with E-state index in [-0.39, 0.29) is 11.5 Å². The number of nitrogens with zero attached hydrogens (tertiary/aromatic N) is 2. The summed E-state index contributed by atoms with van der Waals surface area (Å²) in [6.07, 6.45) is -4.77. The molecule has 122 valence electrons. The standard InChI is InChI=1S/C15H19F3N2O2/c1-14(22,15(16,17)18)12-5-3-11(4-6-12)13(21)20-9-7-19(2)8-10-20/h3-6,22H,7-10H2,1-2H3. The fraction of sp³-hybridized carbons (Fsp3) is 0.533. The molecule has 1 aromatic rings. The summed E-state index contributed by atoms with van der Waals surface area (Å²) in [6.45, 7) is 3.43. The van der Waals surface area contributed by atoms with Gasteiger partial charge in [0, 0.05) is 31.7 Å².